The Hall–Kier alpha value is -1.60. The van der Waals surface area contributed by atoms with Gasteiger partial charge in [0.1, 0.15) is 0 Å². The van der Waals surface area contributed by atoms with E-state index in [1.54, 1.807) is 23.9 Å². The molecule has 2 rings (SSSR count). The van der Waals surface area contributed by atoms with Crippen molar-refractivity contribution < 1.29 is 9.72 Å². The lowest BCUT2D eigenvalue weighted by Gasteiger charge is -2.35. The molecule has 0 aliphatic carbocycles. The van der Waals surface area contributed by atoms with Gasteiger partial charge < -0.3 is 4.90 Å². The molecule has 0 atom stereocenters. The van der Waals surface area contributed by atoms with Crippen LogP contribution in [0.4, 0.5) is 5.69 Å². The molecule has 7 heteroatoms. The number of amides is 1. The maximum atomic E-state index is 12.2. The van der Waals surface area contributed by atoms with Crippen LogP contribution in [0.25, 0.3) is 0 Å². The molecule has 0 radical (unpaired) electrons. The molecule has 0 bridgehead atoms. The zero-order chi connectivity index (χ0) is 17.7. The topological polar surface area (TPSA) is 66.7 Å². The molecule has 1 aliphatic heterocycles. The van der Waals surface area contributed by atoms with Crippen molar-refractivity contribution in [2.75, 3.05) is 31.9 Å². The highest BCUT2D eigenvalue weighted by atomic mass is 32.2. The maximum absolute atomic E-state index is 12.2. The van der Waals surface area contributed by atoms with Gasteiger partial charge in [-0.3, -0.25) is 19.8 Å². The van der Waals surface area contributed by atoms with E-state index in [4.69, 9.17) is 0 Å². The molecule has 1 aliphatic rings. The van der Waals surface area contributed by atoms with E-state index in [1.807, 2.05) is 11.0 Å². The number of carbonyl (C=O) groups is 1. The van der Waals surface area contributed by atoms with E-state index in [2.05, 4.69) is 25.7 Å². The number of non-ortho nitro benzene ring substituents is 1. The molecule has 0 aromatic heterocycles. The molecule has 6 nitrogen and oxygen atoms in total. The van der Waals surface area contributed by atoms with Gasteiger partial charge in [-0.15, -0.1) is 11.8 Å². The molecule has 1 amide bonds. The summed E-state index contributed by atoms with van der Waals surface area (Å²) in [6.45, 7) is 10.1. The molecule has 0 N–H and O–H groups in total. The second-order valence-electron chi connectivity index (χ2n) is 6.98. The molecule has 1 saturated heterocycles. The Balaban J connectivity index is 1.81. The van der Waals surface area contributed by atoms with Crippen LogP contribution in [-0.2, 0) is 11.3 Å². The summed E-state index contributed by atoms with van der Waals surface area (Å²) in [4.78, 5) is 26.9. The molecule has 0 spiro atoms. The molecule has 0 unspecified atom stereocenters. The van der Waals surface area contributed by atoms with E-state index < -0.39 is 0 Å². The Morgan fingerprint density at radius 2 is 1.92 bits per heavy atom. The summed E-state index contributed by atoms with van der Waals surface area (Å²) in [6.07, 6.45) is 0. The van der Waals surface area contributed by atoms with E-state index >= 15 is 0 Å². The Kier molecular flexibility index (Phi) is 6.23. The SMILES string of the molecule is CC(C)(C)SCC(=O)N1CCN(Cc2cccc([N+](=O)[O-])c2)CC1. The summed E-state index contributed by atoms with van der Waals surface area (Å²) in [5, 5.41) is 10.8. The first-order chi connectivity index (χ1) is 11.2. The number of carbonyl (C=O) groups excluding carboxylic acids is 1. The zero-order valence-electron chi connectivity index (χ0n) is 14.5. The molecule has 132 valence electrons. The number of piperazine rings is 1. The Morgan fingerprint density at radius 1 is 1.25 bits per heavy atom. The molecule has 1 fully saturated rings. The molecular weight excluding hydrogens is 326 g/mol. The Labute approximate surface area is 147 Å². The van der Waals surface area contributed by atoms with Crippen LogP contribution in [0.15, 0.2) is 24.3 Å². The molecular formula is C17H25N3O3S. The second kappa shape index (κ2) is 7.98. The summed E-state index contributed by atoms with van der Waals surface area (Å²) >= 11 is 1.67. The van der Waals surface area contributed by atoms with Gasteiger partial charge >= 0.3 is 0 Å². The van der Waals surface area contributed by atoms with Gasteiger partial charge in [-0.05, 0) is 5.56 Å². The largest absolute Gasteiger partial charge is 0.339 e. The van der Waals surface area contributed by atoms with Gasteiger partial charge in [-0.25, -0.2) is 0 Å². The number of nitro benzene ring substituents is 1. The fraction of sp³-hybridized carbons (Fsp3) is 0.588. The fourth-order valence-corrected chi connectivity index (χ4v) is 3.29. The van der Waals surface area contributed by atoms with E-state index in [9.17, 15) is 14.9 Å². The predicted molar refractivity (Wildman–Crippen MR) is 97.2 cm³/mol. The molecule has 1 aromatic carbocycles. The lowest BCUT2D eigenvalue weighted by molar-refractivity contribution is -0.384. The first-order valence-electron chi connectivity index (χ1n) is 8.12. The quantitative estimate of drug-likeness (QED) is 0.603. The van der Waals surface area contributed by atoms with Crippen molar-refractivity contribution in [3.63, 3.8) is 0 Å². The van der Waals surface area contributed by atoms with Crippen molar-refractivity contribution >= 4 is 23.4 Å². The highest BCUT2D eigenvalue weighted by Crippen LogP contribution is 2.23. The number of thioether (sulfide) groups is 1. The van der Waals surface area contributed by atoms with E-state index in [0.29, 0.717) is 12.3 Å². The predicted octanol–water partition coefficient (Wildman–Crippen LogP) is 2.77. The van der Waals surface area contributed by atoms with Crippen molar-refractivity contribution in [1.82, 2.24) is 9.80 Å². The maximum Gasteiger partial charge on any atom is 0.269 e. The zero-order valence-corrected chi connectivity index (χ0v) is 15.3. The van der Waals surface area contributed by atoms with Crippen LogP contribution in [0.3, 0.4) is 0 Å². The number of rotatable bonds is 5. The number of nitro groups is 1. The molecule has 1 aromatic rings. The van der Waals surface area contributed by atoms with Gasteiger partial charge in [-0.1, -0.05) is 32.9 Å². The molecule has 1 heterocycles. The first kappa shape index (κ1) is 18.7. The summed E-state index contributed by atoms with van der Waals surface area (Å²) < 4.78 is 0.0967. The van der Waals surface area contributed by atoms with Gasteiger partial charge in [0, 0.05) is 49.6 Å². The highest BCUT2D eigenvalue weighted by molar-refractivity contribution is 8.01. The first-order valence-corrected chi connectivity index (χ1v) is 9.10. The summed E-state index contributed by atoms with van der Waals surface area (Å²) in [5.41, 5.74) is 1.06. The third-order valence-corrected chi connectivity index (χ3v) is 5.14. The van der Waals surface area contributed by atoms with Crippen LogP contribution in [0.1, 0.15) is 26.3 Å². The highest BCUT2D eigenvalue weighted by Gasteiger charge is 2.23. The number of nitrogens with zero attached hydrogens (tertiary/aromatic N) is 3. The van der Waals surface area contributed by atoms with Crippen molar-refractivity contribution in [2.24, 2.45) is 0 Å². The van der Waals surface area contributed by atoms with Crippen LogP contribution in [-0.4, -0.2) is 57.3 Å². The normalized spacial score (nSPS) is 16.2. The average Bonchev–Trinajstić information content (AvgIpc) is 2.53. The minimum Gasteiger partial charge on any atom is -0.339 e. The molecule has 24 heavy (non-hydrogen) atoms. The monoisotopic (exact) mass is 351 g/mol. The minimum absolute atomic E-state index is 0.0967. The third-order valence-electron chi connectivity index (χ3n) is 3.88. The van der Waals surface area contributed by atoms with E-state index in [-0.39, 0.29) is 21.3 Å². The molecule has 0 saturated carbocycles. The Morgan fingerprint density at radius 3 is 2.50 bits per heavy atom. The van der Waals surface area contributed by atoms with Crippen LogP contribution in [0, 0.1) is 10.1 Å². The van der Waals surface area contributed by atoms with Crippen LogP contribution < -0.4 is 0 Å². The average molecular weight is 351 g/mol. The van der Waals surface area contributed by atoms with Gasteiger partial charge in [0.15, 0.2) is 0 Å². The van der Waals surface area contributed by atoms with Crippen LogP contribution in [0.5, 0.6) is 0 Å². The summed E-state index contributed by atoms with van der Waals surface area (Å²) in [6, 6.07) is 6.76. The fourth-order valence-electron chi connectivity index (χ4n) is 2.55. The summed E-state index contributed by atoms with van der Waals surface area (Å²) in [5.74, 6) is 0.721. The Bertz CT molecular complexity index is 593. The smallest absolute Gasteiger partial charge is 0.269 e. The van der Waals surface area contributed by atoms with Crippen LogP contribution in [0.2, 0.25) is 0 Å². The summed E-state index contributed by atoms with van der Waals surface area (Å²) in [7, 11) is 0. The number of hydrogen-bond acceptors (Lipinski definition) is 5. The van der Waals surface area contributed by atoms with Crippen molar-refractivity contribution in [1.29, 1.82) is 0 Å². The lowest BCUT2D eigenvalue weighted by atomic mass is 10.1. The van der Waals surface area contributed by atoms with Gasteiger partial charge in [0.25, 0.3) is 5.69 Å². The van der Waals surface area contributed by atoms with Crippen LogP contribution >= 0.6 is 11.8 Å². The van der Waals surface area contributed by atoms with Gasteiger partial charge in [0.2, 0.25) is 5.91 Å². The van der Waals surface area contributed by atoms with Crippen molar-refractivity contribution in [3.8, 4) is 0 Å². The number of hydrogen-bond donors (Lipinski definition) is 0. The van der Waals surface area contributed by atoms with Crippen molar-refractivity contribution in [2.45, 2.75) is 32.1 Å². The standard InChI is InChI=1S/C17H25N3O3S/c1-17(2,3)24-13-16(21)19-9-7-18(8-10-19)12-14-5-4-6-15(11-14)20(22)23/h4-6,11H,7-10,12-13H2,1-3H3. The van der Waals surface area contributed by atoms with Crippen molar-refractivity contribution in [3.05, 3.63) is 39.9 Å². The van der Waals surface area contributed by atoms with E-state index in [1.165, 1.54) is 6.07 Å². The van der Waals surface area contributed by atoms with Gasteiger partial charge in [0.05, 0.1) is 10.7 Å². The number of benzene rings is 1. The minimum atomic E-state index is -0.368. The lowest BCUT2D eigenvalue weighted by Crippen LogP contribution is -2.49. The van der Waals surface area contributed by atoms with E-state index in [0.717, 1.165) is 31.7 Å². The van der Waals surface area contributed by atoms with Gasteiger partial charge in [-0.2, -0.15) is 0 Å². The third kappa shape index (κ3) is 5.79. The second-order valence-corrected chi connectivity index (χ2v) is 8.79.